The van der Waals surface area contributed by atoms with Gasteiger partial charge in [0.15, 0.2) is 5.78 Å². The number of carbonyl (C=O) groups is 1. The van der Waals surface area contributed by atoms with Crippen LogP contribution in [0.3, 0.4) is 0 Å². The summed E-state index contributed by atoms with van der Waals surface area (Å²) in [4.78, 5) is 11.2. The molecule has 2 nitrogen and oxygen atoms in total. The van der Waals surface area contributed by atoms with Crippen molar-refractivity contribution in [3.05, 3.63) is 29.3 Å². The SMILES string of the molecule is O=C1COc2ccc(CC3CC3)cc2C1. The molecule has 15 heavy (non-hydrogen) atoms. The lowest BCUT2D eigenvalue weighted by Crippen LogP contribution is -2.20. The lowest BCUT2D eigenvalue weighted by atomic mass is 10.00. The van der Waals surface area contributed by atoms with Crippen molar-refractivity contribution in [2.45, 2.75) is 25.7 Å². The highest BCUT2D eigenvalue weighted by molar-refractivity contribution is 5.84. The van der Waals surface area contributed by atoms with Crippen LogP contribution in [0.25, 0.3) is 0 Å². The quantitative estimate of drug-likeness (QED) is 0.734. The summed E-state index contributed by atoms with van der Waals surface area (Å²) in [6.07, 6.45) is 4.45. The molecule has 78 valence electrons. The van der Waals surface area contributed by atoms with Crippen LogP contribution in [0, 0.1) is 5.92 Å². The van der Waals surface area contributed by atoms with Crippen molar-refractivity contribution >= 4 is 5.78 Å². The molecule has 1 fully saturated rings. The molecule has 0 radical (unpaired) electrons. The zero-order valence-electron chi connectivity index (χ0n) is 8.66. The third kappa shape index (κ3) is 1.89. The third-order valence-electron chi connectivity index (χ3n) is 3.12. The number of fused-ring (bicyclic) bond motifs is 1. The first-order valence-electron chi connectivity index (χ1n) is 5.57. The topological polar surface area (TPSA) is 26.3 Å². The van der Waals surface area contributed by atoms with Crippen molar-refractivity contribution in [3.63, 3.8) is 0 Å². The minimum absolute atomic E-state index is 0.186. The van der Waals surface area contributed by atoms with E-state index in [1.165, 1.54) is 24.8 Å². The van der Waals surface area contributed by atoms with Gasteiger partial charge in [0, 0.05) is 12.0 Å². The van der Waals surface area contributed by atoms with Crippen LogP contribution in [0.15, 0.2) is 18.2 Å². The second kappa shape index (κ2) is 3.37. The van der Waals surface area contributed by atoms with Crippen LogP contribution in [0.2, 0.25) is 0 Å². The second-order valence-electron chi connectivity index (χ2n) is 4.59. The first-order valence-corrected chi connectivity index (χ1v) is 5.57. The Bertz CT molecular complexity index is 405. The Hall–Kier alpha value is -1.31. The Balaban J connectivity index is 1.86. The smallest absolute Gasteiger partial charge is 0.174 e. The first-order chi connectivity index (χ1) is 7.31. The monoisotopic (exact) mass is 202 g/mol. The number of benzene rings is 1. The maximum absolute atomic E-state index is 11.2. The van der Waals surface area contributed by atoms with Gasteiger partial charge in [-0.15, -0.1) is 0 Å². The van der Waals surface area contributed by atoms with Crippen molar-refractivity contribution in [2.24, 2.45) is 5.92 Å². The standard InChI is InChI=1S/C13H14O2/c14-12-7-11-6-10(5-9-1-2-9)3-4-13(11)15-8-12/h3-4,6,9H,1-2,5,7-8H2. The number of ketones is 1. The molecule has 0 unspecified atom stereocenters. The lowest BCUT2D eigenvalue weighted by molar-refractivity contribution is -0.121. The van der Waals surface area contributed by atoms with Gasteiger partial charge in [-0.3, -0.25) is 4.79 Å². The zero-order chi connectivity index (χ0) is 10.3. The molecule has 0 aromatic heterocycles. The second-order valence-corrected chi connectivity index (χ2v) is 4.59. The zero-order valence-corrected chi connectivity index (χ0v) is 8.66. The molecule has 1 heterocycles. The summed E-state index contributed by atoms with van der Waals surface area (Å²) in [6.45, 7) is 0.245. The van der Waals surface area contributed by atoms with Gasteiger partial charge in [0.25, 0.3) is 0 Å². The van der Waals surface area contributed by atoms with Crippen LogP contribution in [0.1, 0.15) is 24.0 Å². The average molecular weight is 202 g/mol. The largest absolute Gasteiger partial charge is 0.486 e. The molecule has 0 atom stereocenters. The molecule has 0 amide bonds. The van der Waals surface area contributed by atoms with Crippen molar-refractivity contribution < 1.29 is 9.53 Å². The maximum atomic E-state index is 11.2. The Labute approximate surface area is 89.2 Å². The van der Waals surface area contributed by atoms with Crippen LogP contribution in [0.5, 0.6) is 5.75 Å². The van der Waals surface area contributed by atoms with Gasteiger partial charge in [0.05, 0.1) is 0 Å². The molecule has 0 spiro atoms. The van der Waals surface area contributed by atoms with Crippen molar-refractivity contribution in [3.8, 4) is 5.75 Å². The fourth-order valence-corrected chi connectivity index (χ4v) is 2.12. The van der Waals surface area contributed by atoms with E-state index in [0.29, 0.717) is 6.42 Å². The lowest BCUT2D eigenvalue weighted by Gasteiger charge is -2.17. The van der Waals surface area contributed by atoms with E-state index >= 15 is 0 Å². The summed E-state index contributed by atoms with van der Waals surface area (Å²) < 4.78 is 5.36. The van der Waals surface area contributed by atoms with Gasteiger partial charge in [-0.25, -0.2) is 0 Å². The van der Waals surface area contributed by atoms with E-state index in [2.05, 4.69) is 12.1 Å². The predicted molar refractivity (Wildman–Crippen MR) is 57.1 cm³/mol. The van der Waals surface area contributed by atoms with E-state index in [-0.39, 0.29) is 12.4 Å². The maximum Gasteiger partial charge on any atom is 0.174 e. The highest BCUT2D eigenvalue weighted by Gasteiger charge is 2.23. The number of ether oxygens (including phenoxy) is 1. The minimum atomic E-state index is 0.186. The van der Waals surface area contributed by atoms with Crippen molar-refractivity contribution in [1.29, 1.82) is 0 Å². The highest BCUT2D eigenvalue weighted by atomic mass is 16.5. The van der Waals surface area contributed by atoms with Gasteiger partial charge in [-0.1, -0.05) is 12.1 Å². The Morgan fingerprint density at radius 2 is 2.20 bits per heavy atom. The average Bonchev–Trinajstić information content (AvgIpc) is 3.01. The van der Waals surface area contributed by atoms with Crippen LogP contribution in [-0.4, -0.2) is 12.4 Å². The number of hydrogen-bond donors (Lipinski definition) is 0. The van der Waals surface area contributed by atoms with Gasteiger partial charge in [0.1, 0.15) is 12.4 Å². The first kappa shape index (κ1) is 8.96. The van der Waals surface area contributed by atoms with Crippen LogP contribution in [-0.2, 0) is 17.6 Å². The molecule has 2 aliphatic rings. The van der Waals surface area contributed by atoms with Crippen LogP contribution >= 0.6 is 0 Å². The summed E-state index contributed by atoms with van der Waals surface area (Å²) in [5.41, 5.74) is 2.43. The summed E-state index contributed by atoms with van der Waals surface area (Å²) in [6, 6.07) is 6.29. The van der Waals surface area contributed by atoms with Gasteiger partial charge < -0.3 is 4.74 Å². The van der Waals surface area contributed by atoms with E-state index in [4.69, 9.17) is 4.74 Å². The van der Waals surface area contributed by atoms with Crippen LogP contribution < -0.4 is 4.74 Å². The fraction of sp³-hybridized carbons (Fsp3) is 0.462. The van der Waals surface area contributed by atoms with Crippen molar-refractivity contribution in [1.82, 2.24) is 0 Å². The normalized spacial score (nSPS) is 19.6. The van der Waals surface area contributed by atoms with Gasteiger partial charge in [-0.2, -0.15) is 0 Å². The predicted octanol–water partition coefficient (Wildman–Crippen LogP) is 2.14. The summed E-state index contributed by atoms with van der Waals surface area (Å²) in [7, 11) is 0. The van der Waals surface area contributed by atoms with E-state index < -0.39 is 0 Å². The van der Waals surface area contributed by atoms with E-state index in [1.807, 2.05) is 6.07 Å². The molecule has 0 saturated heterocycles. The van der Waals surface area contributed by atoms with Gasteiger partial charge >= 0.3 is 0 Å². The van der Waals surface area contributed by atoms with Gasteiger partial charge in [0.2, 0.25) is 0 Å². The highest BCUT2D eigenvalue weighted by Crippen LogP contribution is 2.34. The summed E-state index contributed by atoms with van der Waals surface area (Å²) in [5.74, 6) is 1.98. The Morgan fingerprint density at radius 3 is 3.00 bits per heavy atom. The molecule has 1 aromatic rings. The molecule has 3 rings (SSSR count). The molecule has 0 bridgehead atoms. The number of Topliss-reactive ketones (excluding diaryl/α,β-unsaturated/α-hetero) is 1. The molecule has 0 N–H and O–H groups in total. The molecule has 1 aliphatic heterocycles. The molecular formula is C13H14O2. The summed E-state index contributed by atoms with van der Waals surface area (Å²) in [5, 5.41) is 0. The number of hydrogen-bond acceptors (Lipinski definition) is 2. The van der Waals surface area contributed by atoms with Crippen molar-refractivity contribution in [2.75, 3.05) is 6.61 Å². The Morgan fingerprint density at radius 1 is 1.33 bits per heavy atom. The third-order valence-corrected chi connectivity index (χ3v) is 3.12. The van der Waals surface area contributed by atoms with E-state index in [1.54, 1.807) is 0 Å². The molecule has 2 heteroatoms. The van der Waals surface area contributed by atoms with Crippen LogP contribution in [0.4, 0.5) is 0 Å². The Kier molecular flexibility index (Phi) is 2.01. The molecule has 1 saturated carbocycles. The summed E-state index contributed by atoms with van der Waals surface area (Å²) >= 11 is 0. The number of rotatable bonds is 2. The molecule has 1 aliphatic carbocycles. The minimum Gasteiger partial charge on any atom is -0.486 e. The molecular weight excluding hydrogens is 188 g/mol. The van der Waals surface area contributed by atoms with Gasteiger partial charge in [-0.05, 0) is 36.8 Å². The number of carbonyl (C=O) groups excluding carboxylic acids is 1. The van der Waals surface area contributed by atoms with E-state index in [0.717, 1.165) is 17.2 Å². The van der Waals surface area contributed by atoms with E-state index in [9.17, 15) is 4.79 Å². The molecule has 1 aromatic carbocycles. The fourth-order valence-electron chi connectivity index (χ4n) is 2.12.